The molecule has 0 saturated heterocycles. The molecule has 5 nitrogen and oxygen atoms in total. The monoisotopic (exact) mass is 458 g/mol. The van der Waals surface area contributed by atoms with Crippen LogP contribution in [-0.4, -0.2) is 20.7 Å². The van der Waals surface area contributed by atoms with E-state index < -0.39 is 5.82 Å². The molecule has 0 radical (unpaired) electrons. The summed E-state index contributed by atoms with van der Waals surface area (Å²) in [6, 6.07) is 21.4. The van der Waals surface area contributed by atoms with Gasteiger partial charge in [-0.2, -0.15) is 0 Å². The largest absolute Gasteiger partial charge is 0.322 e. The lowest BCUT2D eigenvalue weighted by molar-refractivity contribution is 0.102. The second-order valence-corrected chi connectivity index (χ2v) is 8.46. The number of hydrogen-bond acceptors (Lipinski definition) is 4. The van der Waals surface area contributed by atoms with Crippen LogP contribution in [0, 0.1) is 12.7 Å². The maximum atomic E-state index is 13.3. The summed E-state index contributed by atoms with van der Waals surface area (Å²) >= 11 is 1.58. The van der Waals surface area contributed by atoms with E-state index in [1.165, 1.54) is 17.7 Å². The molecule has 1 aromatic heterocycles. The zero-order valence-corrected chi connectivity index (χ0v) is 19.0. The number of anilines is 1. The summed E-state index contributed by atoms with van der Waals surface area (Å²) in [5.74, 6) is 0.805. The van der Waals surface area contributed by atoms with Gasteiger partial charge in [0.05, 0.1) is 0 Å². The van der Waals surface area contributed by atoms with Crippen molar-refractivity contribution in [2.24, 2.45) is 0 Å². The number of carbonyl (C=O) groups is 1. The highest BCUT2D eigenvalue weighted by Crippen LogP contribution is 2.27. The number of carbonyl (C=O) groups excluding carboxylic acids is 1. The van der Waals surface area contributed by atoms with E-state index in [-0.39, 0.29) is 5.91 Å². The van der Waals surface area contributed by atoms with Gasteiger partial charge in [0, 0.05) is 29.1 Å². The average molecular weight is 459 g/mol. The molecule has 0 fully saturated rings. The molecule has 1 amide bonds. The molecule has 0 aliphatic carbocycles. The van der Waals surface area contributed by atoms with Gasteiger partial charge in [-0.25, -0.2) is 4.39 Å². The molecular weight excluding hydrogens is 435 g/mol. The van der Waals surface area contributed by atoms with Crippen LogP contribution in [0.5, 0.6) is 0 Å². The third-order valence-corrected chi connectivity index (χ3v) is 6.04. The molecule has 33 heavy (non-hydrogen) atoms. The number of nitrogens with one attached hydrogen (secondary N) is 1. The van der Waals surface area contributed by atoms with Crippen LogP contribution in [0.1, 0.15) is 21.5 Å². The van der Waals surface area contributed by atoms with Crippen molar-refractivity contribution in [3.8, 4) is 11.4 Å². The normalized spacial score (nSPS) is 10.7. The van der Waals surface area contributed by atoms with Gasteiger partial charge < -0.3 is 5.32 Å². The quantitative estimate of drug-likeness (QED) is 0.255. The summed E-state index contributed by atoms with van der Waals surface area (Å²) in [6.07, 6.45) is 1.83. The highest BCUT2D eigenvalue weighted by atomic mass is 32.2. The molecule has 1 N–H and O–H groups in total. The molecule has 7 heteroatoms. The van der Waals surface area contributed by atoms with Gasteiger partial charge in [0.15, 0.2) is 11.0 Å². The Morgan fingerprint density at radius 2 is 1.85 bits per heavy atom. The number of thioether (sulfide) groups is 1. The lowest BCUT2D eigenvalue weighted by Crippen LogP contribution is -2.11. The number of aryl methyl sites for hydroxylation is 1. The SMILES string of the molecule is C=CCn1c(SCc2ccc(C(=O)Nc3cccc(F)c3)cc2)nnc1-c1ccc(C)cc1. The number of hydrogen-bond donors (Lipinski definition) is 1. The van der Waals surface area contributed by atoms with Crippen LogP contribution < -0.4 is 5.32 Å². The van der Waals surface area contributed by atoms with Crippen molar-refractivity contribution >= 4 is 23.4 Å². The van der Waals surface area contributed by atoms with Gasteiger partial charge in [-0.15, -0.1) is 16.8 Å². The summed E-state index contributed by atoms with van der Waals surface area (Å²) in [6.45, 7) is 6.52. The lowest BCUT2D eigenvalue weighted by Gasteiger charge is -2.09. The maximum absolute atomic E-state index is 13.3. The molecule has 0 atom stereocenters. The van der Waals surface area contributed by atoms with Crippen LogP contribution in [0.2, 0.25) is 0 Å². The molecule has 0 spiro atoms. The summed E-state index contributed by atoms with van der Waals surface area (Å²) in [4.78, 5) is 12.4. The Balaban J connectivity index is 1.43. The number of benzene rings is 3. The molecule has 0 aliphatic rings. The van der Waals surface area contributed by atoms with Crippen molar-refractivity contribution in [3.05, 3.63) is 108 Å². The number of rotatable bonds is 8. The Bertz CT molecular complexity index is 1270. The molecule has 1 heterocycles. The second-order valence-electron chi connectivity index (χ2n) is 7.52. The Labute approximate surface area is 196 Å². The molecule has 4 rings (SSSR count). The number of aromatic nitrogens is 3. The second kappa shape index (κ2) is 10.3. The molecule has 3 aromatic carbocycles. The van der Waals surface area contributed by atoms with Crippen molar-refractivity contribution in [2.75, 3.05) is 5.32 Å². The van der Waals surface area contributed by atoms with Gasteiger partial charge in [0.2, 0.25) is 0 Å². The third kappa shape index (κ3) is 5.56. The van der Waals surface area contributed by atoms with Crippen LogP contribution in [0.4, 0.5) is 10.1 Å². The van der Waals surface area contributed by atoms with Gasteiger partial charge in [0.25, 0.3) is 5.91 Å². The van der Waals surface area contributed by atoms with Crippen molar-refractivity contribution in [3.63, 3.8) is 0 Å². The molecular formula is C26H23FN4OS. The van der Waals surface area contributed by atoms with Crippen LogP contribution in [0.25, 0.3) is 11.4 Å². The third-order valence-electron chi connectivity index (χ3n) is 5.00. The molecule has 4 aromatic rings. The molecule has 0 aliphatic heterocycles. The van der Waals surface area contributed by atoms with Crippen molar-refractivity contribution in [2.45, 2.75) is 24.4 Å². The minimum Gasteiger partial charge on any atom is -0.322 e. The van der Waals surface area contributed by atoms with Gasteiger partial charge in [-0.3, -0.25) is 9.36 Å². The first-order chi connectivity index (χ1) is 16.0. The molecule has 0 bridgehead atoms. The van der Waals surface area contributed by atoms with Crippen LogP contribution in [-0.2, 0) is 12.3 Å². The number of amides is 1. The smallest absolute Gasteiger partial charge is 0.255 e. The van der Waals surface area contributed by atoms with Crippen LogP contribution >= 0.6 is 11.8 Å². The first-order valence-electron chi connectivity index (χ1n) is 10.4. The molecule has 166 valence electrons. The minimum atomic E-state index is -0.394. The van der Waals surface area contributed by atoms with Gasteiger partial charge in [0.1, 0.15) is 5.82 Å². The number of nitrogens with zero attached hydrogens (tertiary/aromatic N) is 3. The van der Waals surface area contributed by atoms with E-state index >= 15 is 0 Å². The van der Waals surface area contributed by atoms with Crippen LogP contribution in [0.3, 0.4) is 0 Å². The zero-order valence-electron chi connectivity index (χ0n) is 18.2. The fourth-order valence-electron chi connectivity index (χ4n) is 3.28. The number of allylic oxidation sites excluding steroid dienone is 1. The fraction of sp³-hybridized carbons (Fsp3) is 0.115. The first-order valence-corrected chi connectivity index (χ1v) is 11.4. The summed E-state index contributed by atoms with van der Waals surface area (Å²) in [5.41, 5.74) is 4.18. The highest BCUT2D eigenvalue weighted by Gasteiger charge is 2.14. The summed E-state index contributed by atoms with van der Waals surface area (Å²) in [7, 11) is 0. The predicted octanol–water partition coefficient (Wildman–Crippen LogP) is 6.12. The topological polar surface area (TPSA) is 59.8 Å². The van der Waals surface area contributed by atoms with Crippen LogP contribution in [0.15, 0.2) is 90.6 Å². The van der Waals surface area contributed by atoms with Gasteiger partial charge in [-0.1, -0.05) is 65.9 Å². The van der Waals surface area contributed by atoms with Crippen molar-refractivity contribution < 1.29 is 9.18 Å². The zero-order chi connectivity index (χ0) is 23.2. The van der Waals surface area contributed by atoms with E-state index in [0.717, 1.165) is 22.1 Å². The van der Waals surface area contributed by atoms with Crippen molar-refractivity contribution in [1.29, 1.82) is 0 Å². The Kier molecular flexibility index (Phi) is 7.00. The predicted molar refractivity (Wildman–Crippen MR) is 131 cm³/mol. The summed E-state index contributed by atoms with van der Waals surface area (Å²) in [5, 5.41) is 12.3. The molecule has 0 unspecified atom stereocenters. The fourth-order valence-corrected chi connectivity index (χ4v) is 4.18. The van der Waals surface area contributed by atoms with E-state index in [0.29, 0.717) is 23.5 Å². The standard InChI is InChI=1S/C26H23FN4OS/c1-3-15-31-24(20-11-7-18(2)8-12-20)29-30-26(31)33-17-19-9-13-21(14-10-19)25(32)28-23-6-4-5-22(27)16-23/h3-14,16H,1,15,17H2,2H3,(H,28,32). The average Bonchev–Trinajstić information content (AvgIpc) is 3.21. The highest BCUT2D eigenvalue weighted by molar-refractivity contribution is 7.98. The van der Waals surface area contributed by atoms with E-state index in [2.05, 4.69) is 41.1 Å². The van der Waals surface area contributed by atoms with Gasteiger partial charge >= 0.3 is 0 Å². The van der Waals surface area contributed by atoms with E-state index in [1.807, 2.05) is 34.9 Å². The Hall–Kier alpha value is -3.71. The van der Waals surface area contributed by atoms with E-state index in [1.54, 1.807) is 36.0 Å². The first kappa shape index (κ1) is 22.5. The van der Waals surface area contributed by atoms with E-state index in [4.69, 9.17) is 0 Å². The van der Waals surface area contributed by atoms with E-state index in [9.17, 15) is 9.18 Å². The Morgan fingerprint density at radius 1 is 1.09 bits per heavy atom. The Morgan fingerprint density at radius 3 is 2.55 bits per heavy atom. The number of halogens is 1. The summed E-state index contributed by atoms with van der Waals surface area (Å²) < 4.78 is 15.4. The molecule has 0 saturated carbocycles. The minimum absolute atomic E-state index is 0.284. The maximum Gasteiger partial charge on any atom is 0.255 e. The van der Waals surface area contributed by atoms with Gasteiger partial charge in [-0.05, 0) is 42.8 Å². The van der Waals surface area contributed by atoms with Crippen molar-refractivity contribution in [1.82, 2.24) is 14.8 Å². The lowest BCUT2D eigenvalue weighted by atomic mass is 10.1.